The van der Waals surface area contributed by atoms with Crippen LogP contribution in [-0.2, 0) is 17.5 Å². The predicted molar refractivity (Wildman–Crippen MR) is 125 cm³/mol. The average Bonchev–Trinajstić information content (AvgIpc) is 3.59. The highest BCUT2D eigenvalue weighted by Crippen LogP contribution is 2.41. The fraction of sp³-hybridized carbons (Fsp3) is 0.542. The molecule has 194 valence electrons. The Balaban J connectivity index is 1.26. The number of hydrogen-bond acceptors (Lipinski definition) is 6. The van der Waals surface area contributed by atoms with E-state index in [2.05, 4.69) is 10.00 Å². The molecular weight excluding hydrogens is 477 g/mol. The molecule has 2 aromatic rings. The first-order chi connectivity index (χ1) is 17.1. The average molecular weight is 507 g/mol. The Morgan fingerprint density at radius 2 is 1.81 bits per heavy atom. The molecule has 0 radical (unpaired) electrons. The van der Waals surface area contributed by atoms with Crippen molar-refractivity contribution in [3.63, 3.8) is 0 Å². The van der Waals surface area contributed by atoms with Crippen molar-refractivity contribution in [3.8, 4) is 0 Å². The number of nitrogens with two attached hydrogens (primary N) is 1. The summed E-state index contributed by atoms with van der Waals surface area (Å²) in [7, 11) is 0. The summed E-state index contributed by atoms with van der Waals surface area (Å²) in [5.41, 5.74) is 5.87. The lowest BCUT2D eigenvalue weighted by Gasteiger charge is -2.30. The lowest BCUT2D eigenvalue weighted by molar-refractivity contribution is -0.137. The fourth-order valence-corrected chi connectivity index (χ4v) is 5.49. The Labute approximate surface area is 206 Å². The van der Waals surface area contributed by atoms with Crippen molar-refractivity contribution in [2.75, 3.05) is 57.4 Å². The summed E-state index contributed by atoms with van der Waals surface area (Å²) < 4.78 is 47.4. The molecule has 1 aromatic heterocycles. The van der Waals surface area contributed by atoms with Crippen molar-refractivity contribution in [1.82, 2.24) is 19.6 Å². The van der Waals surface area contributed by atoms with E-state index in [4.69, 9.17) is 10.5 Å². The van der Waals surface area contributed by atoms with Crippen LogP contribution in [0.3, 0.4) is 0 Å². The number of alkyl halides is 3. The van der Waals surface area contributed by atoms with E-state index in [1.807, 2.05) is 11.0 Å². The van der Waals surface area contributed by atoms with Gasteiger partial charge in [0.25, 0.3) is 5.91 Å². The maximum absolute atomic E-state index is 13.6. The number of likely N-dealkylation sites (tertiary alicyclic amines) is 2. The molecule has 9 nitrogen and oxygen atoms in total. The maximum Gasteiger partial charge on any atom is 0.416 e. The zero-order chi connectivity index (χ0) is 25.5. The summed E-state index contributed by atoms with van der Waals surface area (Å²) in [6.07, 6.45) is -0.158. The standard InChI is InChI=1S/C24H29F3N6O3/c25-24(26,27)19-9-17(10-20(11-19)31-5-7-36-8-6-31)13-30-3-1-23(15-30)2-4-32(16-23)22(35)33-14-18(12-29-33)21(28)34/h9-12,14H,1-8,13,15-16H2,(H2,28,34). The number of nitrogens with zero attached hydrogens (tertiary/aromatic N) is 5. The predicted octanol–water partition coefficient (Wildman–Crippen LogP) is 2.40. The molecule has 2 amide bonds. The molecule has 36 heavy (non-hydrogen) atoms. The molecule has 3 aliphatic rings. The van der Waals surface area contributed by atoms with Gasteiger partial charge in [-0.1, -0.05) is 0 Å². The number of benzene rings is 1. The Morgan fingerprint density at radius 1 is 1.06 bits per heavy atom. The zero-order valence-electron chi connectivity index (χ0n) is 19.8. The van der Waals surface area contributed by atoms with Crippen molar-refractivity contribution in [2.45, 2.75) is 25.6 Å². The first kappa shape index (κ1) is 24.6. The van der Waals surface area contributed by atoms with Gasteiger partial charge in [0.05, 0.1) is 30.5 Å². The van der Waals surface area contributed by atoms with E-state index in [0.29, 0.717) is 63.7 Å². The number of ether oxygens (including phenoxy) is 1. The first-order valence-corrected chi connectivity index (χ1v) is 12.0. The summed E-state index contributed by atoms with van der Waals surface area (Å²) in [6.45, 7) is 5.08. The number of carbonyl (C=O) groups is 2. The number of aromatic nitrogens is 2. The molecule has 12 heteroatoms. The summed E-state index contributed by atoms with van der Waals surface area (Å²) in [4.78, 5) is 30.0. The molecule has 0 bridgehead atoms. The van der Waals surface area contributed by atoms with Crippen LogP contribution in [0.4, 0.5) is 23.7 Å². The molecule has 4 heterocycles. The monoisotopic (exact) mass is 506 g/mol. The highest BCUT2D eigenvalue weighted by Gasteiger charge is 2.45. The van der Waals surface area contributed by atoms with Gasteiger partial charge in [0.2, 0.25) is 0 Å². The number of carbonyl (C=O) groups excluding carboxylic acids is 2. The third-order valence-electron chi connectivity index (χ3n) is 7.38. The lowest BCUT2D eigenvalue weighted by atomic mass is 9.86. The van der Waals surface area contributed by atoms with Crippen LogP contribution in [0.5, 0.6) is 0 Å². The third kappa shape index (κ3) is 5.05. The van der Waals surface area contributed by atoms with Crippen molar-refractivity contribution < 1.29 is 27.5 Å². The topological polar surface area (TPSA) is 96.9 Å². The second-order valence-electron chi connectivity index (χ2n) is 9.94. The van der Waals surface area contributed by atoms with Gasteiger partial charge in [-0.15, -0.1) is 0 Å². The quantitative estimate of drug-likeness (QED) is 0.684. The zero-order valence-corrected chi connectivity index (χ0v) is 19.8. The van der Waals surface area contributed by atoms with E-state index in [1.165, 1.54) is 24.5 Å². The van der Waals surface area contributed by atoms with Gasteiger partial charge < -0.3 is 20.3 Å². The molecule has 3 aliphatic heterocycles. The van der Waals surface area contributed by atoms with Crippen LogP contribution in [0.1, 0.15) is 34.3 Å². The fourth-order valence-electron chi connectivity index (χ4n) is 5.49. The second-order valence-corrected chi connectivity index (χ2v) is 9.94. The van der Waals surface area contributed by atoms with Gasteiger partial charge >= 0.3 is 12.2 Å². The van der Waals surface area contributed by atoms with Gasteiger partial charge in [-0.25, -0.2) is 4.79 Å². The van der Waals surface area contributed by atoms with Crippen LogP contribution >= 0.6 is 0 Å². The van der Waals surface area contributed by atoms with Crippen LogP contribution in [0, 0.1) is 5.41 Å². The number of halogens is 3. The highest BCUT2D eigenvalue weighted by atomic mass is 19.4. The van der Waals surface area contributed by atoms with Gasteiger partial charge in [-0.2, -0.15) is 23.0 Å². The Morgan fingerprint density at radius 3 is 2.50 bits per heavy atom. The molecule has 1 unspecified atom stereocenters. The van der Waals surface area contributed by atoms with E-state index in [9.17, 15) is 22.8 Å². The van der Waals surface area contributed by atoms with Gasteiger partial charge in [0, 0.05) is 56.6 Å². The number of morpholine rings is 1. The molecule has 0 saturated carbocycles. The molecule has 5 rings (SSSR count). The second kappa shape index (κ2) is 9.40. The van der Waals surface area contributed by atoms with E-state index in [1.54, 1.807) is 4.90 Å². The van der Waals surface area contributed by atoms with E-state index >= 15 is 0 Å². The third-order valence-corrected chi connectivity index (χ3v) is 7.38. The molecule has 1 aromatic carbocycles. The largest absolute Gasteiger partial charge is 0.416 e. The maximum atomic E-state index is 13.6. The highest BCUT2D eigenvalue weighted by molar-refractivity contribution is 5.93. The Hall–Kier alpha value is -3.12. The minimum absolute atomic E-state index is 0.107. The van der Waals surface area contributed by atoms with Crippen molar-refractivity contribution in [1.29, 1.82) is 0 Å². The van der Waals surface area contributed by atoms with Gasteiger partial charge in [-0.3, -0.25) is 9.69 Å². The van der Waals surface area contributed by atoms with E-state index in [0.717, 1.165) is 24.1 Å². The molecule has 1 atom stereocenters. The number of primary amides is 1. The van der Waals surface area contributed by atoms with Crippen molar-refractivity contribution >= 4 is 17.6 Å². The van der Waals surface area contributed by atoms with Crippen LogP contribution < -0.4 is 10.6 Å². The first-order valence-electron chi connectivity index (χ1n) is 12.0. The molecule has 3 saturated heterocycles. The van der Waals surface area contributed by atoms with Crippen molar-refractivity contribution in [3.05, 3.63) is 47.3 Å². The molecule has 0 aliphatic carbocycles. The normalized spacial score (nSPS) is 23.1. The molecular formula is C24H29F3N6O3. The summed E-state index contributed by atoms with van der Waals surface area (Å²) in [5, 5.41) is 3.95. The molecule has 2 N–H and O–H groups in total. The summed E-state index contributed by atoms with van der Waals surface area (Å²) in [6, 6.07) is 4.00. The van der Waals surface area contributed by atoms with Crippen LogP contribution in [0.2, 0.25) is 0 Å². The SMILES string of the molecule is NC(=O)c1cnn(C(=O)N2CCC3(CCN(Cc4cc(N5CCOCC5)cc(C(F)(F)F)c4)C3)C2)c1. The van der Waals surface area contributed by atoms with Gasteiger partial charge in [-0.05, 0) is 43.1 Å². The van der Waals surface area contributed by atoms with E-state index in [-0.39, 0.29) is 17.0 Å². The summed E-state index contributed by atoms with van der Waals surface area (Å²) in [5.74, 6) is -0.648. The van der Waals surface area contributed by atoms with E-state index < -0.39 is 17.6 Å². The smallest absolute Gasteiger partial charge is 0.378 e. The van der Waals surface area contributed by atoms with Gasteiger partial charge in [0.1, 0.15) is 0 Å². The number of anilines is 1. The summed E-state index contributed by atoms with van der Waals surface area (Å²) >= 11 is 0. The minimum atomic E-state index is -4.42. The Bertz CT molecular complexity index is 1150. The number of rotatable bonds is 4. The van der Waals surface area contributed by atoms with Gasteiger partial charge in [0.15, 0.2) is 0 Å². The minimum Gasteiger partial charge on any atom is -0.378 e. The van der Waals surface area contributed by atoms with Crippen LogP contribution in [0.15, 0.2) is 30.6 Å². The molecule has 1 spiro atoms. The lowest BCUT2D eigenvalue weighted by Crippen LogP contribution is -2.37. The number of amides is 2. The Kier molecular flexibility index (Phi) is 6.41. The van der Waals surface area contributed by atoms with Crippen LogP contribution in [0.25, 0.3) is 0 Å². The van der Waals surface area contributed by atoms with Crippen molar-refractivity contribution in [2.24, 2.45) is 11.1 Å². The number of hydrogen-bond donors (Lipinski definition) is 1. The van der Waals surface area contributed by atoms with Crippen LogP contribution in [-0.4, -0.2) is 84.0 Å². The molecule has 3 fully saturated rings.